The van der Waals surface area contributed by atoms with Gasteiger partial charge in [-0.3, -0.25) is 4.79 Å². The van der Waals surface area contributed by atoms with Gasteiger partial charge in [-0.1, -0.05) is 18.2 Å². The maximum absolute atomic E-state index is 13.0. The Hall–Kier alpha value is -3.08. The molecule has 0 saturated carbocycles. The fourth-order valence-corrected chi connectivity index (χ4v) is 5.17. The van der Waals surface area contributed by atoms with Crippen LogP contribution >= 0.6 is 0 Å². The van der Waals surface area contributed by atoms with Crippen molar-refractivity contribution in [2.75, 3.05) is 25.0 Å². The number of aryl methyl sites for hydroxylation is 1. The van der Waals surface area contributed by atoms with Crippen LogP contribution in [0.4, 0.5) is 18.9 Å². The average molecular weight is 481 g/mol. The molecule has 1 fully saturated rings. The molecule has 7 nitrogen and oxygen atoms in total. The summed E-state index contributed by atoms with van der Waals surface area (Å²) in [4.78, 5) is 14.9. The highest BCUT2D eigenvalue weighted by Gasteiger charge is 2.35. The number of amides is 1. The first-order valence-electron chi connectivity index (χ1n) is 10.3. The van der Waals surface area contributed by atoms with Crippen LogP contribution in [0, 0.1) is 12.8 Å². The van der Waals surface area contributed by atoms with E-state index in [1.165, 1.54) is 18.2 Å². The number of carbonyl (C=O) groups excluding carboxylic acids is 1. The lowest BCUT2D eigenvalue weighted by atomic mass is 9.96. The molecule has 0 aliphatic carbocycles. The van der Waals surface area contributed by atoms with Crippen LogP contribution in [0.3, 0.4) is 0 Å². The number of likely N-dealkylation sites (tertiary alicyclic amines) is 1. The van der Waals surface area contributed by atoms with Crippen LogP contribution in [0.5, 0.6) is 5.75 Å². The van der Waals surface area contributed by atoms with Gasteiger partial charge < -0.3 is 15.0 Å². The van der Waals surface area contributed by atoms with Crippen molar-refractivity contribution in [2.45, 2.75) is 30.8 Å². The fourth-order valence-electron chi connectivity index (χ4n) is 3.95. The number of sulfonamides is 1. The van der Waals surface area contributed by atoms with E-state index in [0.717, 1.165) is 0 Å². The molecule has 2 aromatic rings. The Morgan fingerprint density at radius 1 is 1.24 bits per heavy atom. The Labute approximate surface area is 189 Å². The minimum Gasteiger partial charge on any atom is -0.482 e. The molecule has 1 N–H and O–H groups in total. The monoisotopic (exact) mass is 481 g/mol. The number of fused-ring (bicyclic) bond motifs is 1. The van der Waals surface area contributed by atoms with Crippen LogP contribution in [0.2, 0.25) is 0 Å². The number of alkyl halides is 3. The summed E-state index contributed by atoms with van der Waals surface area (Å²) >= 11 is 0. The Balaban J connectivity index is 1.50. The number of nitrogens with one attached hydrogen (secondary N) is 1. The van der Waals surface area contributed by atoms with E-state index in [2.05, 4.69) is 9.71 Å². The van der Waals surface area contributed by atoms with Crippen molar-refractivity contribution in [3.63, 3.8) is 0 Å². The summed E-state index contributed by atoms with van der Waals surface area (Å²) in [5.74, 6) is -0.634. The van der Waals surface area contributed by atoms with Crippen molar-refractivity contribution in [3.8, 4) is 5.75 Å². The molecule has 4 rings (SSSR count). The second-order valence-corrected chi connectivity index (χ2v) is 9.64. The van der Waals surface area contributed by atoms with E-state index in [0.29, 0.717) is 36.3 Å². The van der Waals surface area contributed by atoms with Crippen LogP contribution < -0.4 is 10.1 Å². The highest BCUT2D eigenvalue weighted by atomic mass is 32.2. The van der Waals surface area contributed by atoms with E-state index in [9.17, 15) is 26.4 Å². The average Bonchev–Trinajstić information content (AvgIpc) is 3.04. The number of halogens is 3. The van der Waals surface area contributed by atoms with E-state index >= 15 is 0 Å². The molecule has 176 valence electrons. The third kappa shape index (κ3) is 5.13. The standard InChI is InChI=1S/C22H22F3N3O4S/c1-14-8-9-17(18(11-14)32-13-22(23,24)25)26-21(29)15-5-4-10-28(12-15)20-16-6-2-3-7-19(16)33(30,31)27-20/h2-3,6-9,11,15H,4-5,10,12-13H2,1H3,(H,26,29). The summed E-state index contributed by atoms with van der Waals surface area (Å²) in [6, 6.07) is 11.1. The lowest BCUT2D eigenvalue weighted by Crippen LogP contribution is -2.43. The molecule has 2 aromatic carbocycles. The third-order valence-corrected chi connectivity index (χ3v) is 6.82. The smallest absolute Gasteiger partial charge is 0.422 e. The molecule has 1 saturated heterocycles. The van der Waals surface area contributed by atoms with Gasteiger partial charge in [0.1, 0.15) is 10.6 Å². The van der Waals surface area contributed by atoms with Gasteiger partial charge in [0.2, 0.25) is 5.91 Å². The number of ether oxygens (including phenoxy) is 1. The molecule has 0 bridgehead atoms. The van der Waals surface area contributed by atoms with Gasteiger partial charge in [0.25, 0.3) is 10.0 Å². The highest BCUT2D eigenvalue weighted by molar-refractivity contribution is 7.90. The molecule has 0 aromatic heterocycles. The lowest BCUT2D eigenvalue weighted by molar-refractivity contribution is -0.153. The molecular weight excluding hydrogens is 459 g/mol. The molecule has 2 aliphatic heterocycles. The molecule has 1 atom stereocenters. The third-order valence-electron chi connectivity index (χ3n) is 5.49. The van der Waals surface area contributed by atoms with Crippen molar-refractivity contribution < 1.29 is 31.1 Å². The van der Waals surface area contributed by atoms with Gasteiger partial charge in [-0.2, -0.15) is 21.6 Å². The molecular formula is C22H22F3N3O4S. The van der Waals surface area contributed by atoms with Crippen LogP contribution in [0.25, 0.3) is 0 Å². The van der Waals surface area contributed by atoms with E-state index in [1.807, 2.05) is 0 Å². The van der Waals surface area contributed by atoms with Crippen molar-refractivity contribution >= 4 is 27.5 Å². The van der Waals surface area contributed by atoms with Gasteiger partial charge in [-0.05, 0) is 49.6 Å². The molecule has 11 heteroatoms. The normalized spacial score (nSPS) is 19.6. The van der Waals surface area contributed by atoms with Gasteiger partial charge >= 0.3 is 6.18 Å². The van der Waals surface area contributed by atoms with E-state index in [1.54, 1.807) is 36.1 Å². The quantitative estimate of drug-likeness (QED) is 0.719. The molecule has 0 radical (unpaired) electrons. The van der Waals surface area contributed by atoms with Crippen molar-refractivity contribution in [1.29, 1.82) is 0 Å². The molecule has 33 heavy (non-hydrogen) atoms. The predicted molar refractivity (Wildman–Crippen MR) is 116 cm³/mol. The summed E-state index contributed by atoms with van der Waals surface area (Å²) in [5, 5.41) is 2.67. The van der Waals surface area contributed by atoms with Gasteiger partial charge in [0.15, 0.2) is 12.4 Å². The minimum atomic E-state index is -4.51. The molecule has 2 aliphatic rings. The Morgan fingerprint density at radius 3 is 2.76 bits per heavy atom. The Bertz CT molecular complexity index is 1210. The van der Waals surface area contributed by atoms with E-state index in [-0.39, 0.29) is 28.8 Å². The van der Waals surface area contributed by atoms with Crippen molar-refractivity contribution in [1.82, 2.24) is 4.90 Å². The zero-order chi connectivity index (χ0) is 23.8. The lowest BCUT2D eigenvalue weighted by Gasteiger charge is -2.33. The summed E-state index contributed by atoms with van der Waals surface area (Å²) in [6.07, 6.45) is -3.33. The van der Waals surface area contributed by atoms with Crippen molar-refractivity contribution in [2.24, 2.45) is 10.3 Å². The number of benzene rings is 2. The van der Waals surface area contributed by atoms with Crippen LogP contribution in [0.15, 0.2) is 51.8 Å². The highest BCUT2D eigenvalue weighted by Crippen LogP contribution is 2.32. The Morgan fingerprint density at radius 2 is 2.00 bits per heavy atom. The largest absolute Gasteiger partial charge is 0.482 e. The van der Waals surface area contributed by atoms with E-state index < -0.39 is 28.7 Å². The number of nitrogens with zero attached hydrogens (tertiary/aromatic N) is 2. The van der Waals surface area contributed by atoms with Crippen LogP contribution in [0.1, 0.15) is 24.0 Å². The van der Waals surface area contributed by atoms with Crippen LogP contribution in [-0.2, 0) is 14.8 Å². The predicted octanol–water partition coefficient (Wildman–Crippen LogP) is 3.74. The summed E-state index contributed by atoms with van der Waals surface area (Å²) < 4.78 is 71.4. The number of piperidine rings is 1. The summed E-state index contributed by atoms with van der Waals surface area (Å²) in [5.41, 5.74) is 1.34. The number of amidine groups is 1. The van der Waals surface area contributed by atoms with Gasteiger partial charge in [-0.15, -0.1) is 4.40 Å². The number of hydrogen-bond acceptors (Lipinski definition) is 5. The number of hydrogen-bond donors (Lipinski definition) is 1. The molecule has 1 amide bonds. The topological polar surface area (TPSA) is 88.1 Å². The first-order valence-corrected chi connectivity index (χ1v) is 11.8. The van der Waals surface area contributed by atoms with Crippen LogP contribution in [-0.4, -0.2) is 50.9 Å². The van der Waals surface area contributed by atoms with E-state index in [4.69, 9.17) is 4.74 Å². The zero-order valence-corrected chi connectivity index (χ0v) is 18.5. The van der Waals surface area contributed by atoms with Gasteiger partial charge in [0.05, 0.1) is 11.6 Å². The second kappa shape index (κ2) is 8.69. The molecule has 1 unspecified atom stereocenters. The second-order valence-electron chi connectivity index (χ2n) is 8.06. The fraction of sp³-hybridized carbons (Fsp3) is 0.364. The first-order chi connectivity index (χ1) is 15.5. The SMILES string of the molecule is Cc1ccc(NC(=O)C2CCCN(C3=NS(=O)(=O)c4ccccc43)C2)c(OCC(F)(F)F)c1. The Kier molecular flexibility index (Phi) is 6.08. The minimum absolute atomic E-state index is 0.0615. The number of anilines is 1. The summed E-state index contributed by atoms with van der Waals surface area (Å²) in [6.45, 7) is 1.01. The molecule has 0 spiro atoms. The first kappa shape index (κ1) is 23.1. The van der Waals surface area contributed by atoms with Gasteiger partial charge in [0, 0.05) is 18.7 Å². The zero-order valence-electron chi connectivity index (χ0n) is 17.7. The maximum atomic E-state index is 13.0. The number of rotatable bonds is 4. The summed E-state index contributed by atoms with van der Waals surface area (Å²) in [7, 11) is -3.78. The maximum Gasteiger partial charge on any atom is 0.422 e. The van der Waals surface area contributed by atoms with Gasteiger partial charge in [-0.25, -0.2) is 0 Å². The molecule has 2 heterocycles. The number of carbonyl (C=O) groups is 1. The van der Waals surface area contributed by atoms with Crippen molar-refractivity contribution in [3.05, 3.63) is 53.6 Å².